The van der Waals surface area contributed by atoms with Crippen LogP contribution in [-0.2, 0) is 10.0 Å². The quantitative estimate of drug-likeness (QED) is 0.498. The maximum atomic E-state index is 12.8. The molecule has 10 nitrogen and oxygen atoms in total. The zero-order chi connectivity index (χ0) is 20.4. The van der Waals surface area contributed by atoms with E-state index in [1.54, 1.807) is 4.68 Å². The van der Waals surface area contributed by atoms with Crippen LogP contribution in [0.1, 0.15) is 51.0 Å². The van der Waals surface area contributed by atoms with Gasteiger partial charge in [-0.1, -0.05) is 19.3 Å². The Bertz CT molecular complexity index is 997. The molecule has 2 fully saturated rings. The highest BCUT2D eigenvalue weighted by molar-refractivity contribution is 7.99. The van der Waals surface area contributed by atoms with Crippen LogP contribution in [0.25, 0.3) is 0 Å². The van der Waals surface area contributed by atoms with Gasteiger partial charge in [0.2, 0.25) is 15.2 Å². The van der Waals surface area contributed by atoms with E-state index in [0.717, 1.165) is 56.4 Å². The fraction of sp³-hybridized carbons (Fsp3) is 0.588. The molecule has 2 aromatic rings. The first-order chi connectivity index (χ1) is 14.0. The van der Waals surface area contributed by atoms with Gasteiger partial charge in [0.25, 0.3) is 5.69 Å². The summed E-state index contributed by atoms with van der Waals surface area (Å²) in [5.74, 6) is 0. The molecule has 0 unspecified atom stereocenters. The minimum atomic E-state index is -3.72. The van der Waals surface area contributed by atoms with Gasteiger partial charge in [0, 0.05) is 19.2 Å². The minimum Gasteiger partial charge on any atom is -0.258 e. The second-order valence-electron chi connectivity index (χ2n) is 7.30. The van der Waals surface area contributed by atoms with E-state index < -0.39 is 14.9 Å². The summed E-state index contributed by atoms with van der Waals surface area (Å²) in [4.78, 5) is 11.4. The SMILES string of the molecule is O=[N+]([O-])c1cc(S(=O)(=O)N2CCCC2)ccc1Sc1nnnn1C1CCCCC1. The third kappa shape index (κ3) is 4.14. The molecule has 1 aliphatic carbocycles. The summed E-state index contributed by atoms with van der Waals surface area (Å²) < 4.78 is 28.6. The van der Waals surface area contributed by atoms with Crippen molar-refractivity contribution < 1.29 is 13.3 Å². The number of nitro benzene ring substituents is 1. The normalized spacial score (nSPS) is 18.9. The largest absolute Gasteiger partial charge is 0.284 e. The van der Waals surface area contributed by atoms with Crippen molar-refractivity contribution in [2.45, 2.75) is 65.9 Å². The number of aromatic nitrogens is 4. The molecular weight excluding hydrogens is 416 g/mol. The third-order valence-electron chi connectivity index (χ3n) is 5.41. The zero-order valence-corrected chi connectivity index (χ0v) is 17.4. The first-order valence-electron chi connectivity index (χ1n) is 9.71. The van der Waals surface area contributed by atoms with E-state index in [2.05, 4.69) is 15.5 Å². The van der Waals surface area contributed by atoms with Gasteiger partial charge in [-0.2, -0.15) is 4.31 Å². The van der Waals surface area contributed by atoms with E-state index in [1.165, 1.54) is 22.9 Å². The van der Waals surface area contributed by atoms with Crippen LogP contribution in [0.15, 0.2) is 33.1 Å². The highest BCUT2D eigenvalue weighted by atomic mass is 32.2. The van der Waals surface area contributed by atoms with Crippen LogP contribution in [0.5, 0.6) is 0 Å². The van der Waals surface area contributed by atoms with E-state index in [9.17, 15) is 18.5 Å². The number of nitrogens with zero attached hydrogens (tertiary/aromatic N) is 6. The third-order valence-corrected chi connectivity index (χ3v) is 8.33. The minimum absolute atomic E-state index is 0.0534. The monoisotopic (exact) mass is 438 g/mol. The molecule has 0 radical (unpaired) electrons. The molecule has 1 saturated heterocycles. The summed E-state index contributed by atoms with van der Waals surface area (Å²) in [5, 5.41) is 24.0. The summed E-state index contributed by atoms with van der Waals surface area (Å²) >= 11 is 1.10. The van der Waals surface area contributed by atoms with Gasteiger partial charge in [0.1, 0.15) is 0 Å². The van der Waals surface area contributed by atoms with Crippen molar-refractivity contribution in [3.63, 3.8) is 0 Å². The van der Waals surface area contributed by atoms with Gasteiger partial charge < -0.3 is 0 Å². The van der Waals surface area contributed by atoms with Crippen molar-refractivity contribution in [3.05, 3.63) is 28.3 Å². The van der Waals surface area contributed by atoms with Crippen LogP contribution in [0.2, 0.25) is 0 Å². The molecule has 0 N–H and O–H groups in total. The molecule has 0 amide bonds. The molecule has 0 spiro atoms. The van der Waals surface area contributed by atoms with Crippen LogP contribution < -0.4 is 0 Å². The summed E-state index contributed by atoms with van der Waals surface area (Å²) in [6.07, 6.45) is 6.98. The van der Waals surface area contributed by atoms with Crippen LogP contribution in [0, 0.1) is 10.1 Å². The highest BCUT2D eigenvalue weighted by Gasteiger charge is 2.30. The van der Waals surface area contributed by atoms with Crippen molar-refractivity contribution >= 4 is 27.5 Å². The lowest BCUT2D eigenvalue weighted by molar-refractivity contribution is -0.388. The zero-order valence-electron chi connectivity index (χ0n) is 15.8. The van der Waals surface area contributed by atoms with Crippen molar-refractivity contribution in [2.75, 3.05) is 13.1 Å². The van der Waals surface area contributed by atoms with Gasteiger partial charge in [0.15, 0.2) is 0 Å². The van der Waals surface area contributed by atoms with Crippen molar-refractivity contribution in [1.29, 1.82) is 0 Å². The number of tetrazole rings is 1. The van der Waals surface area contributed by atoms with Gasteiger partial charge >= 0.3 is 0 Å². The number of hydrogen-bond donors (Lipinski definition) is 0. The highest BCUT2D eigenvalue weighted by Crippen LogP contribution is 2.38. The standard InChI is InChI=1S/C17H22N6O4S2/c24-23(25)15-12-14(29(26,27)21-10-4-5-11-21)8-9-16(15)28-17-18-19-20-22(17)13-6-2-1-3-7-13/h8-9,12-13H,1-7,10-11H2. The lowest BCUT2D eigenvalue weighted by atomic mass is 9.96. The first kappa shape index (κ1) is 20.2. The molecule has 156 valence electrons. The average Bonchev–Trinajstić information content (AvgIpc) is 3.41. The fourth-order valence-electron chi connectivity index (χ4n) is 3.87. The lowest BCUT2D eigenvalue weighted by Crippen LogP contribution is -2.27. The molecule has 2 heterocycles. The predicted octanol–water partition coefficient (Wildman–Crippen LogP) is 3.02. The molecule has 0 bridgehead atoms. The maximum absolute atomic E-state index is 12.8. The van der Waals surface area contributed by atoms with Crippen molar-refractivity contribution in [1.82, 2.24) is 24.5 Å². The van der Waals surface area contributed by atoms with Gasteiger partial charge in [0.05, 0.1) is 20.8 Å². The van der Waals surface area contributed by atoms with Crippen molar-refractivity contribution in [2.24, 2.45) is 0 Å². The number of sulfonamides is 1. The van der Waals surface area contributed by atoms with E-state index in [0.29, 0.717) is 23.1 Å². The molecule has 1 aliphatic heterocycles. The Kier molecular flexibility index (Phi) is 5.83. The van der Waals surface area contributed by atoms with Crippen LogP contribution in [-0.4, -0.2) is 50.9 Å². The smallest absolute Gasteiger partial charge is 0.258 e. The van der Waals surface area contributed by atoms with E-state index in [1.807, 2.05) is 0 Å². The Balaban J connectivity index is 1.63. The Morgan fingerprint density at radius 2 is 1.83 bits per heavy atom. The topological polar surface area (TPSA) is 124 Å². The van der Waals surface area contributed by atoms with E-state index in [-0.39, 0.29) is 16.6 Å². The Morgan fingerprint density at radius 3 is 2.52 bits per heavy atom. The number of hydrogen-bond acceptors (Lipinski definition) is 8. The lowest BCUT2D eigenvalue weighted by Gasteiger charge is -2.22. The van der Waals surface area contributed by atoms with Gasteiger partial charge in [-0.3, -0.25) is 10.1 Å². The van der Waals surface area contributed by atoms with Crippen molar-refractivity contribution in [3.8, 4) is 0 Å². The molecule has 12 heteroatoms. The number of nitro groups is 1. The summed E-state index contributed by atoms with van der Waals surface area (Å²) in [7, 11) is -3.72. The molecule has 4 rings (SSSR count). The second-order valence-corrected chi connectivity index (χ2v) is 10.2. The molecular formula is C17H22N6O4S2. The molecule has 1 aromatic carbocycles. The number of rotatable bonds is 6. The Hall–Kier alpha value is -2.05. The Labute approximate surface area is 172 Å². The summed E-state index contributed by atoms with van der Waals surface area (Å²) in [5.41, 5.74) is -0.256. The van der Waals surface area contributed by atoms with Gasteiger partial charge in [-0.15, -0.1) is 5.10 Å². The molecule has 2 aliphatic rings. The molecule has 29 heavy (non-hydrogen) atoms. The predicted molar refractivity (Wildman–Crippen MR) is 105 cm³/mol. The molecule has 1 aromatic heterocycles. The van der Waals surface area contributed by atoms with E-state index in [4.69, 9.17) is 0 Å². The fourth-order valence-corrected chi connectivity index (χ4v) is 6.33. The summed E-state index contributed by atoms with van der Waals surface area (Å²) in [6, 6.07) is 4.24. The Morgan fingerprint density at radius 1 is 1.10 bits per heavy atom. The second kappa shape index (κ2) is 8.36. The summed E-state index contributed by atoms with van der Waals surface area (Å²) in [6.45, 7) is 0.894. The van der Waals surface area contributed by atoms with Gasteiger partial charge in [-0.25, -0.2) is 13.1 Å². The van der Waals surface area contributed by atoms with E-state index >= 15 is 0 Å². The van der Waals surface area contributed by atoms with Crippen LogP contribution in [0.4, 0.5) is 5.69 Å². The number of benzene rings is 1. The van der Waals surface area contributed by atoms with Crippen LogP contribution >= 0.6 is 11.8 Å². The molecule has 1 saturated carbocycles. The first-order valence-corrected chi connectivity index (χ1v) is 12.0. The molecule has 0 atom stereocenters. The maximum Gasteiger partial charge on any atom is 0.284 e. The average molecular weight is 439 g/mol. The van der Waals surface area contributed by atoms with Crippen LogP contribution in [0.3, 0.4) is 0 Å². The van der Waals surface area contributed by atoms with Gasteiger partial charge in [-0.05, 0) is 60.0 Å².